The van der Waals surface area contributed by atoms with Crippen LogP contribution in [0.3, 0.4) is 0 Å². The smallest absolute Gasteiger partial charge is 0.307 e. The molecular weight excluding hydrogens is 238 g/mol. The van der Waals surface area contributed by atoms with Crippen molar-refractivity contribution >= 4 is 23.5 Å². The highest BCUT2D eigenvalue weighted by atomic mass is 32.2. The topological polar surface area (TPSA) is 66.4 Å². The first-order valence-electron chi connectivity index (χ1n) is 5.92. The standard InChI is InChI=1S/C12H17NO3S/c1-7-2-3-8(12(15)16)9(6-7)10(14)11-13-4-5-17-11/h4-5,7-9,11,13H,2-3,6H2,1H3,(H,15,16). The first-order chi connectivity index (χ1) is 8.09. The number of hydrogen-bond acceptors (Lipinski definition) is 4. The number of carbonyl (C=O) groups excluding carboxylic acids is 1. The predicted molar refractivity (Wildman–Crippen MR) is 66.3 cm³/mol. The molecule has 1 saturated carbocycles. The molecule has 1 aliphatic carbocycles. The number of Topliss-reactive ketones (excluding diaryl/α,β-unsaturated/α-hetero) is 1. The number of carbonyl (C=O) groups is 2. The Hall–Kier alpha value is -0.970. The Balaban J connectivity index is 2.08. The minimum atomic E-state index is -0.828. The van der Waals surface area contributed by atoms with E-state index in [0.29, 0.717) is 18.8 Å². The van der Waals surface area contributed by atoms with E-state index in [9.17, 15) is 14.7 Å². The molecule has 0 amide bonds. The highest BCUT2D eigenvalue weighted by Crippen LogP contribution is 2.36. The molecule has 1 fully saturated rings. The van der Waals surface area contributed by atoms with Crippen LogP contribution >= 0.6 is 11.8 Å². The number of aliphatic carboxylic acids is 1. The molecule has 1 heterocycles. The number of rotatable bonds is 3. The van der Waals surface area contributed by atoms with E-state index in [0.717, 1.165) is 6.42 Å². The van der Waals surface area contributed by atoms with Gasteiger partial charge in [-0.3, -0.25) is 9.59 Å². The molecule has 17 heavy (non-hydrogen) atoms. The third-order valence-electron chi connectivity index (χ3n) is 3.58. The zero-order valence-electron chi connectivity index (χ0n) is 9.76. The second kappa shape index (κ2) is 5.12. The molecule has 5 heteroatoms. The molecule has 4 nitrogen and oxygen atoms in total. The van der Waals surface area contributed by atoms with Gasteiger partial charge in [-0.15, -0.1) is 0 Å². The maximum atomic E-state index is 12.3. The summed E-state index contributed by atoms with van der Waals surface area (Å²) < 4.78 is 0. The number of hydrogen-bond donors (Lipinski definition) is 2. The average molecular weight is 255 g/mol. The molecule has 0 spiro atoms. The number of carboxylic acids is 1. The van der Waals surface area contributed by atoms with Crippen LogP contribution in [0.1, 0.15) is 26.2 Å². The molecule has 94 valence electrons. The lowest BCUT2D eigenvalue weighted by atomic mass is 9.72. The van der Waals surface area contributed by atoms with Gasteiger partial charge in [0.25, 0.3) is 0 Å². The summed E-state index contributed by atoms with van der Waals surface area (Å²) in [4.78, 5) is 23.5. The van der Waals surface area contributed by atoms with E-state index >= 15 is 0 Å². The van der Waals surface area contributed by atoms with Crippen LogP contribution in [0.2, 0.25) is 0 Å². The van der Waals surface area contributed by atoms with E-state index in [1.54, 1.807) is 6.20 Å². The van der Waals surface area contributed by atoms with Crippen molar-refractivity contribution in [3.8, 4) is 0 Å². The summed E-state index contributed by atoms with van der Waals surface area (Å²) in [5.74, 6) is -1.17. The second-order valence-corrected chi connectivity index (χ2v) is 5.87. The van der Waals surface area contributed by atoms with Crippen LogP contribution in [0, 0.1) is 17.8 Å². The molecule has 0 bridgehead atoms. The van der Waals surface area contributed by atoms with E-state index in [4.69, 9.17) is 0 Å². The number of carboxylic acid groups (broad SMARTS) is 1. The summed E-state index contributed by atoms with van der Waals surface area (Å²) in [6.45, 7) is 2.09. The number of thioether (sulfide) groups is 1. The van der Waals surface area contributed by atoms with Crippen LogP contribution in [-0.2, 0) is 9.59 Å². The minimum Gasteiger partial charge on any atom is -0.481 e. The average Bonchev–Trinajstić information content (AvgIpc) is 2.80. The van der Waals surface area contributed by atoms with Gasteiger partial charge in [0, 0.05) is 12.1 Å². The Morgan fingerprint density at radius 2 is 2.12 bits per heavy atom. The van der Waals surface area contributed by atoms with Gasteiger partial charge in [-0.2, -0.15) is 0 Å². The zero-order chi connectivity index (χ0) is 12.4. The van der Waals surface area contributed by atoms with Gasteiger partial charge < -0.3 is 10.4 Å². The number of ketones is 1. The van der Waals surface area contributed by atoms with Gasteiger partial charge in [0.2, 0.25) is 0 Å². The molecule has 2 N–H and O–H groups in total. The minimum absolute atomic E-state index is 0.0407. The van der Waals surface area contributed by atoms with E-state index in [1.807, 2.05) is 5.41 Å². The molecule has 4 unspecified atom stereocenters. The largest absolute Gasteiger partial charge is 0.481 e. The van der Waals surface area contributed by atoms with Crippen molar-refractivity contribution in [1.29, 1.82) is 0 Å². The third-order valence-corrected chi connectivity index (χ3v) is 4.52. The van der Waals surface area contributed by atoms with Gasteiger partial charge >= 0.3 is 5.97 Å². The maximum Gasteiger partial charge on any atom is 0.307 e. The Kier molecular flexibility index (Phi) is 3.76. The van der Waals surface area contributed by atoms with Crippen molar-refractivity contribution in [2.75, 3.05) is 0 Å². The number of nitrogens with one attached hydrogen (secondary N) is 1. The van der Waals surface area contributed by atoms with Crippen LogP contribution in [0.5, 0.6) is 0 Å². The van der Waals surface area contributed by atoms with Crippen molar-refractivity contribution in [3.05, 3.63) is 11.6 Å². The summed E-state index contributed by atoms with van der Waals surface area (Å²) in [7, 11) is 0. The van der Waals surface area contributed by atoms with Crippen LogP contribution in [0.4, 0.5) is 0 Å². The molecule has 2 aliphatic rings. The SMILES string of the molecule is CC1CCC(C(=O)O)C(C(=O)C2NC=CS2)C1. The van der Waals surface area contributed by atoms with Crippen LogP contribution in [0.25, 0.3) is 0 Å². The first-order valence-corrected chi connectivity index (χ1v) is 6.87. The lowest BCUT2D eigenvalue weighted by molar-refractivity contribution is -0.149. The summed E-state index contributed by atoms with van der Waals surface area (Å²) in [5.41, 5.74) is 0. The lowest BCUT2D eigenvalue weighted by Gasteiger charge is -2.32. The van der Waals surface area contributed by atoms with E-state index < -0.39 is 11.9 Å². The summed E-state index contributed by atoms with van der Waals surface area (Å²) in [6, 6.07) is 0. The van der Waals surface area contributed by atoms with Crippen molar-refractivity contribution in [2.24, 2.45) is 17.8 Å². The quantitative estimate of drug-likeness (QED) is 0.805. The fraction of sp³-hybridized carbons (Fsp3) is 0.667. The van der Waals surface area contributed by atoms with Crippen molar-refractivity contribution in [3.63, 3.8) is 0 Å². The van der Waals surface area contributed by atoms with Gasteiger partial charge in [0.1, 0.15) is 5.37 Å². The monoisotopic (exact) mass is 255 g/mol. The first kappa shape index (κ1) is 12.5. The predicted octanol–water partition coefficient (Wildman–Crippen LogP) is 1.83. The highest BCUT2D eigenvalue weighted by Gasteiger charge is 2.40. The zero-order valence-corrected chi connectivity index (χ0v) is 10.6. The molecule has 0 aromatic heterocycles. The molecule has 0 aromatic rings. The Labute approximate surface area is 105 Å². The fourth-order valence-corrected chi connectivity index (χ4v) is 3.40. The highest BCUT2D eigenvalue weighted by molar-refractivity contribution is 8.03. The summed E-state index contributed by atoms with van der Waals surface area (Å²) in [6.07, 6.45) is 3.98. The second-order valence-electron chi connectivity index (χ2n) is 4.86. The van der Waals surface area contributed by atoms with Crippen LogP contribution in [0.15, 0.2) is 11.6 Å². The van der Waals surface area contributed by atoms with E-state index in [2.05, 4.69) is 12.2 Å². The van der Waals surface area contributed by atoms with Crippen LogP contribution < -0.4 is 5.32 Å². The van der Waals surface area contributed by atoms with Crippen molar-refractivity contribution < 1.29 is 14.7 Å². The Bertz CT molecular complexity index is 348. The van der Waals surface area contributed by atoms with Gasteiger partial charge in [-0.1, -0.05) is 18.7 Å². The molecule has 0 aromatic carbocycles. The summed E-state index contributed by atoms with van der Waals surface area (Å²) >= 11 is 1.42. The third kappa shape index (κ3) is 2.65. The molecule has 0 saturated heterocycles. The molecule has 1 aliphatic heterocycles. The maximum absolute atomic E-state index is 12.3. The molecule has 4 atom stereocenters. The van der Waals surface area contributed by atoms with Crippen molar-refractivity contribution in [1.82, 2.24) is 5.32 Å². The Morgan fingerprint density at radius 1 is 1.35 bits per heavy atom. The molecule has 0 radical (unpaired) electrons. The van der Waals surface area contributed by atoms with Gasteiger partial charge in [-0.05, 0) is 30.6 Å². The van der Waals surface area contributed by atoms with Gasteiger partial charge in [0.15, 0.2) is 5.78 Å². The van der Waals surface area contributed by atoms with Gasteiger partial charge in [0.05, 0.1) is 5.92 Å². The van der Waals surface area contributed by atoms with E-state index in [1.165, 1.54) is 11.8 Å². The fourth-order valence-electron chi connectivity index (χ4n) is 2.62. The van der Waals surface area contributed by atoms with Gasteiger partial charge in [-0.25, -0.2) is 0 Å². The molecule has 2 rings (SSSR count). The normalized spacial score (nSPS) is 36.5. The Morgan fingerprint density at radius 3 is 2.71 bits per heavy atom. The van der Waals surface area contributed by atoms with Crippen LogP contribution in [-0.4, -0.2) is 22.2 Å². The lowest BCUT2D eigenvalue weighted by Crippen LogP contribution is -2.41. The van der Waals surface area contributed by atoms with E-state index in [-0.39, 0.29) is 17.1 Å². The van der Waals surface area contributed by atoms with Crippen molar-refractivity contribution in [2.45, 2.75) is 31.6 Å². The molecular formula is C12H17NO3S. The summed E-state index contributed by atoms with van der Waals surface area (Å²) in [5, 5.41) is 13.7.